The number of halogens is 3. The number of carbonyl (C=O) groups is 1. The highest BCUT2D eigenvalue weighted by atomic mass is 32.2. The number of thioether (sulfide) groups is 1. The molecule has 16 heavy (non-hydrogen) atoms. The third kappa shape index (κ3) is 4.89. The van der Waals surface area contributed by atoms with E-state index in [2.05, 4.69) is 0 Å². The minimum Gasteiger partial charge on any atom is -0.346 e. The van der Waals surface area contributed by atoms with Gasteiger partial charge in [-0.25, -0.2) is 0 Å². The van der Waals surface area contributed by atoms with E-state index in [1.54, 1.807) is 6.92 Å². The van der Waals surface area contributed by atoms with Gasteiger partial charge in [-0.1, -0.05) is 6.07 Å². The molecule has 1 aromatic rings. The fraction of sp³-hybridized carbons (Fsp3) is 0.444. The molecule has 2 nitrogen and oxygen atoms in total. The predicted octanol–water partition coefficient (Wildman–Crippen LogP) is 2.91. The van der Waals surface area contributed by atoms with Gasteiger partial charge in [0.05, 0.1) is 9.46 Å². The number of nitrogens with one attached hydrogen (secondary N) is 1. The number of amides is 1. The van der Waals surface area contributed by atoms with Crippen molar-refractivity contribution >= 4 is 29.0 Å². The molecule has 0 bridgehead atoms. The highest BCUT2D eigenvalue weighted by Crippen LogP contribution is 2.27. The zero-order chi connectivity index (χ0) is 12.2. The van der Waals surface area contributed by atoms with Gasteiger partial charge in [0.25, 0.3) is 0 Å². The maximum atomic E-state index is 11.8. The molecule has 1 N–H and O–H groups in total. The van der Waals surface area contributed by atoms with Gasteiger partial charge in [-0.15, -0.1) is 23.1 Å². The van der Waals surface area contributed by atoms with Gasteiger partial charge in [0.2, 0.25) is 5.91 Å². The van der Waals surface area contributed by atoms with E-state index in [0.29, 0.717) is 0 Å². The van der Waals surface area contributed by atoms with E-state index in [-0.39, 0.29) is 0 Å². The van der Waals surface area contributed by atoms with Crippen LogP contribution >= 0.6 is 23.1 Å². The van der Waals surface area contributed by atoms with E-state index in [1.165, 1.54) is 23.1 Å². The van der Waals surface area contributed by atoms with Crippen LogP contribution in [0.4, 0.5) is 13.2 Å². The summed E-state index contributed by atoms with van der Waals surface area (Å²) >= 11 is 2.70. The van der Waals surface area contributed by atoms with Gasteiger partial charge in [-0.3, -0.25) is 4.79 Å². The molecule has 0 radical (unpaired) electrons. The van der Waals surface area contributed by atoms with Gasteiger partial charge in [0.1, 0.15) is 6.54 Å². The van der Waals surface area contributed by atoms with Crippen LogP contribution < -0.4 is 5.32 Å². The molecule has 1 atom stereocenters. The largest absolute Gasteiger partial charge is 0.405 e. The van der Waals surface area contributed by atoms with E-state index >= 15 is 0 Å². The second-order valence-electron chi connectivity index (χ2n) is 3.03. The molecule has 0 saturated heterocycles. The first-order valence-corrected chi connectivity index (χ1v) is 6.19. The number of alkyl halides is 3. The number of thiophene rings is 1. The monoisotopic (exact) mass is 269 g/mol. The molecule has 0 saturated carbocycles. The molecule has 1 rings (SSSR count). The molecule has 1 amide bonds. The lowest BCUT2D eigenvalue weighted by atomic mass is 10.4. The summed E-state index contributed by atoms with van der Waals surface area (Å²) in [4.78, 5) is 11.3. The average Bonchev–Trinajstić information content (AvgIpc) is 2.65. The van der Waals surface area contributed by atoms with Crippen molar-refractivity contribution in [2.24, 2.45) is 0 Å². The fourth-order valence-corrected chi connectivity index (χ4v) is 2.86. The summed E-state index contributed by atoms with van der Waals surface area (Å²) in [6.45, 7) is 0.303. The molecule has 0 spiro atoms. The molecule has 0 aliphatic carbocycles. The van der Waals surface area contributed by atoms with E-state index in [0.717, 1.165) is 4.21 Å². The van der Waals surface area contributed by atoms with Crippen LogP contribution in [-0.2, 0) is 4.79 Å². The lowest BCUT2D eigenvalue weighted by Crippen LogP contribution is -2.37. The molecule has 0 aliphatic heterocycles. The van der Waals surface area contributed by atoms with Gasteiger partial charge >= 0.3 is 6.18 Å². The summed E-state index contributed by atoms with van der Waals surface area (Å²) in [7, 11) is 0. The minimum atomic E-state index is -4.36. The molecule has 1 unspecified atom stereocenters. The summed E-state index contributed by atoms with van der Waals surface area (Å²) in [5.74, 6) is -0.601. The van der Waals surface area contributed by atoms with Crippen LogP contribution in [0.1, 0.15) is 6.92 Å². The van der Waals surface area contributed by atoms with Gasteiger partial charge < -0.3 is 5.32 Å². The van der Waals surface area contributed by atoms with Crippen molar-refractivity contribution in [3.8, 4) is 0 Å². The van der Waals surface area contributed by atoms with Crippen LogP contribution in [0.15, 0.2) is 21.7 Å². The summed E-state index contributed by atoms with van der Waals surface area (Å²) in [5.41, 5.74) is 0. The Morgan fingerprint density at radius 1 is 1.62 bits per heavy atom. The standard InChI is InChI=1S/C9H10F3NOS2/c1-6(16-7-3-2-4-15-7)8(14)13-5-9(10,11)12/h2-4,6H,5H2,1H3,(H,13,14). The molecule has 0 aliphatic rings. The van der Waals surface area contributed by atoms with Crippen LogP contribution in [0, 0.1) is 0 Å². The Bertz CT molecular complexity index is 337. The molecule has 0 fully saturated rings. The highest BCUT2D eigenvalue weighted by Gasteiger charge is 2.28. The highest BCUT2D eigenvalue weighted by molar-refractivity contribution is 8.02. The Morgan fingerprint density at radius 2 is 2.31 bits per heavy atom. The Labute approximate surface area is 99.2 Å². The van der Waals surface area contributed by atoms with Crippen LogP contribution in [0.25, 0.3) is 0 Å². The lowest BCUT2D eigenvalue weighted by Gasteiger charge is -2.12. The zero-order valence-electron chi connectivity index (χ0n) is 8.38. The first kappa shape index (κ1) is 13.4. The second kappa shape index (κ2) is 5.58. The third-order valence-corrected chi connectivity index (χ3v) is 3.80. The Balaban J connectivity index is 2.37. The first-order chi connectivity index (χ1) is 7.38. The average molecular weight is 269 g/mol. The number of hydrogen-bond donors (Lipinski definition) is 1. The van der Waals surface area contributed by atoms with Crippen LogP contribution in [0.3, 0.4) is 0 Å². The smallest absolute Gasteiger partial charge is 0.346 e. The Hall–Kier alpha value is -0.690. The van der Waals surface area contributed by atoms with Gasteiger partial charge in [-0.2, -0.15) is 13.2 Å². The van der Waals surface area contributed by atoms with Crippen molar-refractivity contribution in [3.05, 3.63) is 17.5 Å². The Morgan fingerprint density at radius 3 is 2.81 bits per heavy atom. The van der Waals surface area contributed by atoms with E-state index < -0.39 is 23.9 Å². The maximum absolute atomic E-state index is 11.8. The summed E-state index contributed by atoms with van der Waals surface area (Å²) in [6.07, 6.45) is -4.36. The van der Waals surface area contributed by atoms with Crippen molar-refractivity contribution in [3.63, 3.8) is 0 Å². The molecule has 7 heteroatoms. The van der Waals surface area contributed by atoms with E-state index in [4.69, 9.17) is 0 Å². The van der Waals surface area contributed by atoms with Gasteiger partial charge in [0.15, 0.2) is 0 Å². The lowest BCUT2D eigenvalue weighted by molar-refractivity contribution is -0.137. The van der Waals surface area contributed by atoms with Crippen molar-refractivity contribution in [1.82, 2.24) is 5.32 Å². The molecule has 90 valence electrons. The van der Waals surface area contributed by atoms with E-state index in [9.17, 15) is 18.0 Å². The second-order valence-corrected chi connectivity index (χ2v) is 5.61. The van der Waals surface area contributed by atoms with Crippen LogP contribution in [-0.4, -0.2) is 23.9 Å². The molecular weight excluding hydrogens is 259 g/mol. The Kier molecular flexibility index (Phi) is 4.67. The van der Waals surface area contributed by atoms with Crippen LogP contribution in [0.5, 0.6) is 0 Å². The zero-order valence-corrected chi connectivity index (χ0v) is 10.0. The number of hydrogen-bond acceptors (Lipinski definition) is 3. The van der Waals surface area contributed by atoms with Crippen molar-refractivity contribution < 1.29 is 18.0 Å². The maximum Gasteiger partial charge on any atom is 0.405 e. The predicted molar refractivity (Wildman–Crippen MR) is 58.7 cm³/mol. The summed E-state index contributed by atoms with van der Waals surface area (Å²) in [5, 5.41) is 3.18. The summed E-state index contributed by atoms with van der Waals surface area (Å²) < 4.78 is 36.4. The SMILES string of the molecule is CC(Sc1cccs1)C(=O)NCC(F)(F)F. The topological polar surface area (TPSA) is 29.1 Å². The molecular formula is C9H10F3NOS2. The van der Waals surface area contributed by atoms with Gasteiger partial charge in [-0.05, 0) is 18.4 Å². The van der Waals surface area contributed by atoms with E-state index in [1.807, 2.05) is 22.8 Å². The van der Waals surface area contributed by atoms with Crippen molar-refractivity contribution in [1.29, 1.82) is 0 Å². The number of rotatable bonds is 4. The quantitative estimate of drug-likeness (QED) is 0.852. The van der Waals surface area contributed by atoms with Crippen LogP contribution in [0.2, 0.25) is 0 Å². The normalized spacial score (nSPS) is 13.5. The van der Waals surface area contributed by atoms with Crippen molar-refractivity contribution in [2.75, 3.05) is 6.54 Å². The van der Waals surface area contributed by atoms with Gasteiger partial charge in [0, 0.05) is 0 Å². The summed E-state index contributed by atoms with van der Waals surface area (Å²) in [6, 6.07) is 3.65. The molecule has 1 aromatic heterocycles. The number of carbonyl (C=O) groups excluding carboxylic acids is 1. The fourth-order valence-electron chi connectivity index (χ4n) is 0.889. The first-order valence-electron chi connectivity index (χ1n) is 4.43. The third-order valence-electron chi connectivity index (χ3n) is 1.62. The molecule has 0 aromatic carbocycles. The van der Waals surface area contributed by atoms with Crippen molar-refractivity contribution in [2.45, 2.75) is 22.6 Å². The molecule has 1 heterocycles. The minimum absolute atomic E-state index is 0.527.